The summed E-state index contributed by atoms with van der Waals surface area (Å²) in [6.45, 7) is 6.27. The summed E-state index contributed by atoms with van der Waals surface area (Å²) < 4.78 is 1.86. The molecule has 0 radical (unpaired) electrons. The number of anilines is 1. The van der Waals surface area contributed by atoms with Crippen LogP contribution in [0.3, 0.4) is 0 Å². The number of nitrogens with one attached hydrogen (secondary N) is 1. The predicted octanol–water partition coefficient (Wildman–Crippen LogP) is 4.51. The number of amides is 1. The van der Waals surface area contributed by atoms with Gasteiger partial charge in [-0.2, -0.15) is 0 Å². The number of thiazole rings is 1. The van der Waals surface area contributed by atoms with Crippen LogP contribution in [0.2, 0.25) is 0 Å². The van der Waals surface area contributed by atoms with Crippen LogP contribution in [0, 0.1) is 20.8 Å². The van der Waals surface area contributed by atoms with Gasteiger partial charge in [-0.15, -0.1) is 21.5 Å². The number of rotatable bonds is 5. The van der Waals surface area contributed by atoms with E-state index in [1.807, 2.05) is 34.2 Å². The van der Waals surface area contributed by atoms with Crippen molar-refractivity contribution in [2.75, 3.05) is 11.1 Å². The fourth-order valence-corrected chi connectivity index (χ4v) is 4.68. The van der Waals surface area contributed by atoms with E-state index in [2.05, 4.69) is 53.4 Å². The fraction of sp³-hybridized carbons (Fsp3) is 0.200. The highest BCUT2D eigenvalue weighted by molar-refractivity contribution is 7.99. The van der Waals surface area contributed by atoms with E-state index in [1.165, 1.54) is 39.8 Å². The largest absolute Gasteiger partial charge is 0.301 e. The zero-order valence-electron chi connectivity index (χ0n) is 15.8. The van der Waals surface area contributed by atoms with Crippen LogP contribution in [-0.2, 0) is 4.79 Å². The standard InChI is InChI=1S/C20H19N5OS2/c1-12-8-13(2)18(14(3)9-12)15-10-27-19(21-15)22-17(26)11-28-20-24-23-16-6-4-5-7-25(16)20/h4-10H,11H2,1-3H3,(H,21,22,26). The van der Waals surface area contributed by atoms with Crippen molar-refractivity contribution >= 4 is 39.8 Å². The molecule has 1 aromatic carbocycles. The summed E-state index contributed by atoms with van der Waals surface area (Å²) in [4.78, 5) is 17.0. The van der Waals surface area contributed by atoms with E-state index in [0.717, 1.165) is 16.9 Å². The lowest BCUT2D eigenvalue weighted by Gasteiger charge is -2.08. The summed E-state index contributed by atoms with van der Waals surface area (Å²) in [6, 6.07) is 10.00. The molecule has 0 saturated heterocycles. The SMILES string of the molecule is Cc1cc(C)c(-c2csc(NC(=O)CSc3nnc4ccccn34)n2)c(C)c1. The van der Waals surface area contributed by atoms with Gasteiger partial charge in [0.05, 0.1) is 11.4 Å². The number of hydrogen-bond donors (Lipinski definition) is 1. The average Bonchev–Trinajstić information content (AvgIpc) is 3.26. The van der Waals surface area contributed by atoms with Crippen LogP contribution in [-0.4, -0.2) is 31.2 Å². The maximum atomic E-state index is 12.3. The van der Waals surface area contributed by atoms with E-state index in [9.17, 15) is 4.79 Å². The predicted molar refractivity (Wildman–Crippen MR) is 114 cm³/mol. The minimum Gasteiger partial charge on any atom is -0.301 e. The van der Waals surface area contributed by atoms with Gasteiger partial charge in [0.1, 0.15) is 0 Å². The maximum absolute atomic E-state index is 12.3. The molecule has 0 aliphatic heterocycles. The molecule has 1 amide bonds. The molecule has 0 unspecified atom stereocenters. The van der Waals surface area contributed by atoms with Gasteiger partial charge < -0.3 is 5.32 Å². The molecule has 0 spiro atoms. The number of hydrogen-bond acceptors (Lipinski definition) is 6. The molecule has 3 aromatic heterocycles. The Bertz CT molecular complexity index is 1140. The lowest BCUT2D eigenvalue weighted by atomic mass is 9.98. The number of benzene rings is 1. The van der Waals surface area contributed by atoms with Gasteiger partial charge in [0.15, 0.2) is 15.9 Å². The summed E-state index contributed by atoms with van der Waals surface area (Å²) in [5.41, 5.74) is 6.40. The van der Waals surface area contributed by atoms with Crippen molar-refractivity contribution in [1.29, 1.82) is 0 Å². The molecule has 4 aromatic rings. The maximum Gasteiger partial charge on any atom is 0.236 e. The minimum atomic E-state index is -0.115. The van der Waals surface area contributed by atoms with Crippen LogP contribution in [0.4, 0.5) is 5.13 Å². The second-order valence-electron chi connectivity index (χ2n) is 6.56. The Labute approximate surface area is 171 Å². The number of pyridine rings is 1. The van der Waals surface area contributed by atoms with Gasteiger partial charge >= 0.3 is 0 Å². The average molecular weight is 410 g/mol. The quantitative estimate of drug-likeness (QED) is 0.491. The topological polar surface area (TPSA) is 72.2 Å². The number of fused-ring (bicyclic) bond motifs is 1. The molecule has 0 fully saturated rings. The van der Waals surface area contributed by atoms with Crippen molar-refractivity contribution in [2.45, 2.75) is 25.9 Å². The molecule has 3 heterocycles. The van der Waals surface area contributed by atoms with E-state index < -0.39 is 0 Å². The molecular weight excluding hydrogens is 390 g/mol. The van der Waals surface area contributed by atoms with Gasteiger partial charge in [-0.05, 0) is 44.0 Å². The van der Waals surface area contributed by atoms with Crippen LogP contribution in [0.15, 0.2) is 47.1 Å². The third-order valence-electron chi connectivity index (χ3n) is 4.30. The first kappa shape index (κ1) is 18.6. The Morgan fingerprint density at radius 1 is 1.18 bits per heavy atom. The highest BCUT2D eigenvalue weighted by atomic mass is 32.2. The normalized spacial score (nSPS) is 11.1. The van der Waals surface area contributed by atoms with Crippen LogP contribution >= 0.6 is 23.1 Å². The molecular formula is C20H19N5OS2. The lowest BCUT2D eigenvalue weighted by Crippen LogP contribution is -2.14. The Hall–Kier alpha value is -2.71. The minimum absolute atomic E-state index is 0.115. The summed E-state index contributed by atoms with van der Waals surface area (Å²) in [6.07, 6.45) is 1.88. The van der Waals surface area contributed by atoms with E-state index in [4.69, 9.17) is 0 Å². The molecule has 0 aliphatic rings. The first-order valence-corrected chi connectivity index (χ1v) is 10.6. The van der Waals surface area contributed by atoms with E-state index in [1.54, 1.807) is 0 Å². The number of thioether (sulfide) groups is 1. The van der Waals surface area contributed by atoms with Crippen LogP contribution < -0.4 is 5.32 Å². The Balaban J connectivity index is 1.43. The van der Waals surface area contributed by atoms with Gasteiger partial charge in [-0.25, -0.2) is 4.98 Å². The zero-order chi connectivity index (χ0) is 19.7. The molecule has 8 heteroatoms. The van der Waals surface area contributed by atoms with E-state index in [0.29, 0.717) is 10.3 Å². The van der Waals surface area contributed by atoms with Gasteiger partial charge in [0.2, 0.25) is 5.91 Å². The third-order valence-corrected chi connectivity index (χ3v) is 6.00. The van der Waals surface area contributed by atoms with Gasteiger partial charge in [0.25, 0.3) is 0 Å². The number of aryl methyl sites for hydroxylation is 3. The highest BCUT2D eigenvalue weighted by Crippen LogP contribution is 2.31. The number of nitrogens with zero attached hydrogens (tertiary/aromatic N) is 4. The molecule has 28 heavy (non-hydrogen) atoms. The molecule has 0 bridgehead atoms. The van der Waals surface area contributed by atoms with Gasteiger partial charge in [0, 0.05) is 17.1 Å². The van der Waals surface area contributed by atoms with Gasteiger partial charge in [-0.1, -0.05) is 35.5 Å². The molecule has 142 valence electrons. The second kappa shape index (κ2) is 7.73. The number of aromatic nitrogens is 4. The van der Waals surface area contributed by atoms with E-state index in [-0.39, 0.29) is 11.7 Å². The van der Waals surface area contributed by atoms with Crippen LogP contribution in [0.1, 0.15) is 16.7 Å². The van der Waals surface area contributed by atoms with Crippen molar-refractivity contribution in [3.8, 4) is 11.3 Å². The third kappa shape index (κ3) is 3.79. The highest BCUT2D eigenvalue weighted by Gasteiger charge is 2.13. The Morgan fingerprint density at radius 2 is 1.96 bits per heavy atom. The lowest BCUT2D eigenvalue weighted by molar-refractivity contribution is -0.113. The fourth-order valence-electron chi connectivity index (χ4n) is 3.23. The van der Waals surface area contributed by atoms with Crippen LogP contribution in [0.5, 0.6) is 0 Å². The summed E-state index contributed by atoms with van der Waals surface area (Å²) in [5.74, 6) is 0.128. The van der Waals surface area contributed by atoms with Crippen molar-refractivity contribution in [3.63, 3.8) is 0 Å². The van der Waals surface area contributed by atoms with Crippen molar-refractivity contribution < 1.29 is 4.79 Å². The molecule has 0 saturated carbocycles. The molecule has 1 N–H and O–H groups in total. The van der Waals surface area contributed by atoms with Crippen LogP contribution in [0.25, 0.3) is 16.9 Å². The number of carbonyl (C=O) groups excluding carboxylic acids is 1. The molecule has 0 aliphatic carbocycles. The Morgan fingerprint density at radius 3 is 2.75 bits per heavy atom. The first-order valence-electron chi connectivity index (χ1n) is 8.77. The second-order valence-corrected chi connectivity index (χ2v) is 8.36. The first-order chi connectivity index (χ1) is 13.5. The van der Waals surface area contributed by atoms with Crippen molar-refractivity contribution in [3.05, 3.63) is 58.6 Å². The zero-order valence-corrected chi connectivity index (χ0v) is 17.4. The summed E-state index contributed by atoms with van der Waals surface area (Å²) >= 11 is 2.78. The van der Waals surface area contributed by atoms with Crippen molar-refractivity contribution in [1.82, 2.24) is 19.6 Å². The molecule has 4 rings (SSSR count). The summed E-state index contributed by atoms with van der Waals surface area (Å²) in [5, 5.41) is 14.4. The van der Waals surface area contributed by atoms with Gasteiger partial charge in [-0.3, -0.25) is 9.20 Å². The molecule has 6 nitrogen and oxygen atoms in total. The smallest absolute Gasteiger partial charge is 0.236 e. The Kier molecular flexibility index (Phi) is 5.15. The summed E-state index contributed by atoms with van der Waals surface area (Å²) in [7, 11) is 0. The van der Waals surface area contributed by atoms with E-state index >= 15 is 0 Å². The number of carbonyl (C=O) groups is 1. The molecule has 0 atom stereocenters. The monoisotopic (exact) mass is 409 g/mol. The van der Waals surface area contributed by atoms with Crippen molar-refractivity contribution in [2.24, 2.45) is 0 Å².